The molecule has 1 atom stereocenters. The summed E-state index contributed by atoms with van der Waals surface area (Å²) in [6, 6.07) is 0.367. The molecule has 2 rings (SSSR count). The first-order valence-electron chi connectivity index (χ1n) is 5.18. The number of aromatic nitrogens is 2. The zero-order valence-corrected chi connectivity index (χ0v) is 8.61. The first-order chi connectivity index (χ1) is 6.74. The molecule has 1 aliphatic carbocycles. The van der Waals surface area contributed by atoms with Crippen LogP contribution in [0, 0.1) is 0 Å². The average Bonchev–Trinajstić information content (AvgIpc) is 2.51. The van der Waals surface area contributed by atoms with Crippen molar-refractivity contribution in [2.75, 3.05) is 0 Å². The van der Waals surface area contributed by atoms with Gasteiger partial charge in [-0.25, -0.2) is 0 Å². The van der Waals surface area contributed by atoms with Crippen molar-refractivity contribution in [1.82, 2.24) is 9.78 Å². The topological polar surface area (TPSA) is 43.8 Å². The van der Waals surface area contributed by atoms with E-state index in [2.05, 4.69) is 11.2 Å². The second-order valence-corrected chi connectivity index (χ2v) is 4.11. The third-order valence-corrected chi connectivity index (χ3v) is 2.69. The molecule has 2 N–H and O–H groups in total. The molecule has 0 bridgehead atoms. The van der Waals surface area contributed by atoms with Crippen molar-refractivity contribution >= 4 is 6.08 Å². The van der Waals surface area contributed by atoms with Gasteiger partial charge in [-0.15, -0.1) is 0 Å². The first-order valence-corrected chi connectivity index (χ1v) is 5.18. The van der Waals surface area contributed by atoms with Crippen LogP contribution in [0.5, 0.6) is 0 Å². The van der Waals surface area contributed by atoms with Gasteiger partial charge in [0, 0.05) is 24.8 Å². The highest BCUT2D eigenvalue weighted by atomic mass is 15.2. The molecule has 0 saturated heterocycles. The maximum Gasteiger partial charge on any atom is 0.0562 e. The van der Waals surface area contributed by atoms with Crippen molar-refractivity contribution in [1.29, 1.82) is 0 Å². The van der Waals surface area contributed by atoms with Gasteiger partial charge in [-0.05, 0) is 25.7 Å². The summed E-state index contributed by atoms with van der Waals surface area (Å²) in [4.78, 5) is 0. The second-order valence-electron chi connectivity index (χ2n) is 4.11. The summed E-state index contributed by atoms with van der Waals surface area (Å²) in [6.45, 7) is 0. The summed E-state index contributed by atoms with van der Waals surface area (Å²) in [5.74, 6) is 0. The second kappa shape index (κ2) is 3.96. The number of aryl methyl sites for hydroxylation is 1. The van der Waals surface area contributed by atoms with Crippen LogP contribution in [0.25, 0.3) is 6.08 Å². The van der Waals surface area contributed by atoms with E-state index >= 15 is 0 Å². The van der Waals surface area contributed by atoms with Gasteiger partial charge < -0.3 is 5.73 Å². The molecule has 0 radical (unpaired) electrons. The maximum atomic E-state index is 5.92. The van der Waals surface area contributed by atoms with E-state index in [1.807, 2.05) is 24.1 Å². The minimum atomic E-state index is 0.367. The van der Waals surface area contributed by atoms with E-state index in [9.17, 15) is 0 Å². The lowest BCUT2D eigenvalue weighted by Gasteiger charge is -2.20. The van der Waals surface area contributed by atoms with E-state index < -0.39 is 0 Å². The predicted molar refractivity (Wildman–Crippen MR) is 57.6 cm³/mol. The molecule has 1 unspecified atom stereocenters. The molecule has 1 fully saturated rings. The van der Waals surface area contributed by atoms with Crippen molar-refractivity contribution < 1.29 is 0 Å². The predicted octanol–water partition coefficient (Wildman–Crippen LogP) is 1.70. The molecule has 1 aliphatic rings. The van der Waals surface area contributed by atoms with Gasteiger partial charge in [-0.3, -0.25) is 4.68 Å². The lowest BCUT2D eigenvalue weighted by Crippen LogP contribution is -2.23. The van der Waals surface area contributed by atoms with Gasteiger partial charge in [-0.2, -0.15) is 5.10 Å². The molecular formula is C11H17N3. The minimum Gasteiger partial charge on any atom is -0.327 e. The molecule has 1 aromatic heterocycles. The van der Waals surface area contributed by atoms with Crippen LogP contribution in [0.15, 0.2) is 18.0 Å². The third kappa shape index (κ3) is 2.23. The summed E-state index contributed by atoms with van der Waals surface area (Å²) >= 11 is 0. The maximum absolute atomic E-state index is 5.92. The molecular weight excluding hydrogens is 174 g/mol. The van der Waals surface area contributed by atoms with Crippen molar-refractivity contribution in [2.24, 2.45) is 12.8 Å². The fraction of sp³-hybridized carbons (Fsp3) is 0.545. The monoisotopic (exact) mass is 191 g/mol. The van der Waals surface area contributed by atoms with E-state index in [1.54, 1.807) is 0 Å². The van der Waals surface area contributed by atoms with Gasteiger partial charge in [0.05, 0.1) is 6.20 Å². The van der Waals surface area contributed by atoms with Gasteiger partial charge in [0.2, 0.25) is 0 Å². The average molecular weight is 191 g/mol. The Balaban J connectivity index is 2.09. The number of nitrogens with two attached hydrogens (primary N) is 1. The first kappa shape index (κ1) is 9.46. The Morgan fingerprint density at radius 1 is 1.64 bits per heavy atom. The minimum absolute atomic E-state index is 0.367. The molecule has 1 saturated carbocycles. The molecule has 1 heterocycles. The van der Waals surface area contributed by atoms with Crippen LogP contribution in [-0.2, 0) is 7.05 Å². The molecule has 0 amide bonds. The quantitative estimate of drug-likeness (QED) is 0.734. The molecule has 76 valence electrons. The Morgan fingerprint density at radius 3 is 3.14 bits per heavy atom. The highest BCUT2D eigenvalue weighted by Crippen LogP contribution is 2.24. The van der Waals surface area contributed by atoms with Crippen molar-refractivity contribution in [3.8, 4) is 0 Å². The molecule has 0 aliphatic heterocycles. The summed E-state index contributed by atoms with van der Waals surface area (Å²) < 4.78 is 1.83. The van der Waals surface area contributed by atoms with E-state index in [-0.39, 0.29) is 0 Å². The van der Waals surface area contributed by atoms with Crippen LogP contribution in [0.4, 0.5) is 0 Å². The van der Waals surface area contributed by atoms with E-state index in [0.29, 0.717) is 6.04 Å². The standard InChI is InChI=1S/C11H17N3/c1-14-8-10(7-13-14)5-9-3-2-4-11(12)6-9/h5,7-8,11H,2-4,6,12H2,1H3/b9-5-. The van der Waals surface area contributed by atoms with Crippen LogP contribution in [0.1, 0.15) is 31.2 Å². The lowest BCUT2D eigenvalue weighted by atomic mass is 9.90. The van der Waals surface area contributed by atoms with Crippen molar-refractivity contribution in [3.63, 3.8) is 0 Å². The third-order valence-electron chi connectivity index (χ3n) is 2.69. The SMILES string of the molecule is Cn1cc(/C=C2/CCCC(N)C2)cn1. The highest BCUT2D eigenvalue weighted by Gasteiger charge is 2.12. The van der Waals surface area contributed by atoms with Crippen molar-refractivity contribution in [3.05, 3.63) is 23.5 Å². The Morgan fingerprint density at radius 2 is 2.50 bits per heavy atom. The van der Waals surface area contributed by atoms with Crippen LogP contribution < -0.4 is 5.73 Å². The number of rotatable bonds is 1. The Labute approximate surface area is 84.6 Å². The number of hydrogen-bond donors (Lipinski definition) is 1. The van der Waals surface area contributed by atoms with Crippen LogP contribution in [0.2, 0.25) is 0 Å². The number of nitrogens with zero attached hydrogens (tertiary/aromatic N) is 2. The lowest BCUT2D eigenvalue weighted by molar-refractivity contribution is 0.520. The van der Waals surface area contributed by atoms with Crippen molar-refractivity contribution in [2.45, 2.75) is 31.7 Å². The smallest absolute Gasteiger partial charge is 0.0562 e. The molecule has 3 nitrogen and oxygen atoms in total. The van der Waals surface area contributed by atoms with Crippen LogP contribution in [-0.4, -0.2) is 15.8 Å². The van der Waals surface area contributed by atoms with Gasteiger partial charge in [0.15, 0.2) is 0 Å². The zero-order valence-electron chi connectivity index (χ0n) is 8.61. The van der Waals surface area contributed by atoms with E-state index in [1.165, 1.54) is 30.4 Å². The van der Waals surface area contributed by atoms with Crippen LogP contribution >= 0.6 is 0 Å². The molecule has 0 aromatic carbocycles. The summed E-state index contributed by atoms with van der Waals surface area (Å²) in [7, 11) is 1.94. The normalized spacial score (nSPS) is 25.6. The Bertz CT molecular complexity index is 338. The highest BCUT2D eigenvalue weighted by molar-refractivity contribution is 5.51. The zero-order chi connectivity index (χ0) is 9.97. The largest absolute Gasteiger partial charge is 0.327 e. The molecule has 14 heavy (non-hydrogen) atoms. The van der Waals surface area contributed by atoms with E-state index in [0.717, 1.165) is 6.42 Å². The molecule has 1 aromatic rings. The van der Waals surface area contributed by atoms with E-state index in [4.69, 9.17) is 5.73 Å². The van der Waals surface area contributed by atoms with Gasteiger partial charge >= 0.3 is 0 Å². The summed E-state index contributed by atoms with van der Waals surface area (Å²) in [5.41, 5.74) is 8.58. The molecule has 0 spiro atoms. The Kier molecular flexibility index (Phi) is 2.68. The molecule has 3 heteroatoms. The summed E-state index contributed by atoms with van der Waals surface area (Å²) in [6.07, 6.45) is 10.8. The van der Waals surface area contributed by atoms with Gasteiger partial charge in [0.25, 0.3) is 0 Å². The fourth-order valence-electron chi connectivity index (χ4n) is 2.01. The summed E-state index contributed by atoms with van der Waals surface area (Å²) in [5, 5.41) is 4.14. The fourth-order valence-corrected chi connectivity index (χ4v) is 2.01. The Hall–Kier alpha value is -1.09. The van der Waals surface area contributed by atoms with Gasteiger partial charge in [-0.1, -0.05) is 11.6 Å². The van der Waals surface area contributed by atoms with Gasteiger partial charge in [0.1, 0.15) is 0 Å². The van der Waals surface area contributed by atoms with Crippen LogP contribution in [0.3, 0.4) is 0 Å². The number of hydrogen-bond acceptors (Lipinski definition) is 2.